The minimum Gasteiger partial charge on any atom is -0.466 e. The van der Waals surface area contributed by atoms with E-state index < -0.39 is 31.7 Å². The molecular formula is C25H25FNO5P. The number of hydrogen-bond donors (Lipinski definition) is 1. The SMILES string of the molecule is CCOC(=O)CC(=O)CP(=O)(O)C#Cc1c(C(C)C)c2ccccc2n1-c1ccc(F)cc1. The van der Waals surface area contributed by atoms with Crippen LogP contribution in [0.3, 0.4) is 0 Å². The van der Waals surface area contributed by atoms with Crippen molar-refractivity contribution in [1.82, 2.24) is 4.57 Å². The average molecular weight is 469 g/mol. The quantitative estimate of drug-likeness (QED) is 0.228. The maximum absolute atomic E-state index is 13.5. The predicted molar refractivity (Wildman–Crippen MR) is 125 cm³/mol. The van der Waals surface area contributed by atoms with Crippen molar-refractivity contribution in [2.45, 2.75) is 33.1 Å². The summed E-state index contributed by atoms with van der Waals surface area (Å²) in [4.78, 5) is 33.9. The summed E-state index contributed by atoms with van der Waals surface area (Å²) in [6, 6.07) is 13.5. The van der Waals surface area contributed by atoms with Gasteiger partial charge in [0.05, 0.1) is 18.3 Å². The first-order valence-corrected chi connectivity index (χ1v) is 12.4. The number of Topliss-reactive ketones (excluding diaryl/α,β-unsaturated/α-hetero) is 1. The molecule has 1 heterocycles. The number of esters is 1. The van der Waals surface area contributed by atoms with Crippen LogP contribution in [0.5, 0.6) is 0 Å². The van der Waals surface area contributed by atoms with Crippen LogP contribution in [0.2, 0.25) is 0 Å². The lowest BCUT2D eigenvalue weighted by molar-refractivity contribution is -0.145. The summed E-state index contributed by atoms with van der Waals surface area (Å²) in [7, 11) is -4.19. The van der Waals surface area contributed by atoms with Gasteiger partial charge in [-0.3, -0.25) is 14.2 Å². The number of fused-ring (bicyclic) bond motifs is 1. The number of carbonyl (C=O) groups excluding carboxylic acids is 2. The van der Waals surface area contributed by atoms with Crippen molar-refractivity contribution in [3.8, 4) is 17.3 Å². The number of para-hydroxylation sites is 1. The number of carbonyl (C=O) groups is 2. The van der Waals surface area contributed by atoms with Crippen LogP contribution in [-0.2, 0) is 18.9 Å². The molecule has 1 N–H and O–H groups in total. The zero-order valence-corrected chi connectivity index (χ0v) is 19.6. The minimum atomic E-state index is -4.19. The van der Waals surface area contributed by atoms with Gasteiger partial charge in [0, 0.05) is 11.1 Å². The van der Waals surface area contributed by atoms with E-state index in [9.17, 15) is 23.4 Å². The second kappa shape index (κ2) is 10.2. The van der Waals surface area contributed by atoms with E-state index in [-0.39, 0.29) is 18.3 Å². The average Bonchev–Trinajstić information content (AvgIpc) is 3.07. The summed E-state index contributed by atoms with van der Waals surface area (Å²) in [5.41, 5.74) is 5.22. The van der Waals surface area contributed by atoms with Gasteiger partial charge in [-0.05, 0) is 60.3 Å². The summed E-state index contributed by atoms with van der Waals surface area (Å²) in [5, 5.41) is 0.923. The first-order chi connectivity index (χ1) is 15.6. The first-order valence-electron chi connectivity index (χ1n) is 10.5. The molecule has 3 aromatic rings. The van der Waals surface area contributed by atoms with Gasteiger partial charge in [0.15, 0.2) is 5.78 Å². The van der Waals surface area contributed by atoms with E-state index in [0.717, 1.165) is 16.5 Å². The number of benzene rings is 2. The van der Waals surface area contributed by atoms with E-state index in [1.807, 2.05) is 42.7 Å². The lowest BCUT2D eigenvalue weighted by Crippen LogP contribution is -2.14. The van der Waals surface area contributed by atoms with Crippen LogP contribution in [0.1, 0.15) is 44.4 Å². The van der Waals surface area contributed by atoms with Gasteiger partial charge in [0.25, 0.3) is 7.37 Å². The molecule has 3 rings (SSSR count). The summed E-state index contributed by atoms with van der Waals surface area (Å²) in [6.07, 6.45) is -1.32. The second-order valence-electron chi connectivity index (χ2n) is 7.86. The lowest BCUT2D eigenvalue weighted by atomic mass is 9.99. The Labute approximate surface area is 191 Å². The topological polar surface area (TPSA) is 85.6 Å². The highest BCUT2D eigenvalue weighted by Gasteiger charge is 2.24. The molecule has 172 valence electrons. The summed E-state index contributed by atoms with van der Waals surface area (Å²) < 4.78 is 32.7. The Bertz CT molecular complexity index is 1300. The Hall–Kier alpha value is -3.20. The highest BCUT2D eigenvalue weighted by molar-refractivity contribution is 7.64. The molecule has 33 heavy (non-hydrogen) atoms. The molecule has 0 saturated carbocycles. The molecule has 0 bridgehead atoms. The summed E-state index contributed by atoms with van der Waals surface area (Å²) in [6.45, 7) is 5.71. The maximum atomic E-state index is 13.5. The standard InChI is InChI=1S/C25H25FNO5P/c1-4-32-24(29)15-20(28)16-33(30,31)14-13-23-25(17(2)3)21-7-5-6-8-22(21)27(23)19-11-9-18(26)10-12-19/h5-12,17H,4,15-16H2,1-3H3,(H,30,31). The fourth-order valence-electron chi connectivity index (χ4n) is 3.68. The van der Waals surface area contributed by atoms with E-state index in [0.29, 0.717) is 11.4 Å². The molecule has 0 aliphatic heterocycles. The number of aromatic nitrogens is 1. The molecule has 0 amide bonds. The van der Waals surface area contributed by atoms with Crippen molar-refractivity contribution in [2.24, 2.45) is 0 Å². The Morgan fingerprint density at radius 1 is 1.15 bits per heavy atom. The second-order valence-corrected chi connectivity index (χ2v) is 9.81. The third-order valence-electron chi connectivity index (χ3n) is 4.96. The zero-order valence-electron chi connectivity index (χ0n) is 18.7. The highest BCUT2D eigenvalue weighted by atomic mass is 31.2. The van der Waals surface area contributed by atoms with Crippen molar-refractivity contribution < 1.29 is 28.2 Å². The Kier molecular flexibility index (Phi) is 7.53. The van der Waals surface area contributed by atoms with Crippen molar-refractivity contribution in [1.29, 1.82) is 0 Å². The van der Waals surface area contributed by atoms with E-state index in [1.54, 1.807) is 19.1 Å². The van der Waals surface area contributed by atoms with Crippen molar-refractivity contribution in [3.63, 3.8) is 0 Å². The molecule has 1 aromatic heterocycles. The highest BCUT2D eigenvalue weighted by Crippen LogP contribution is 2.40. The van der Waals surface area contributed by atoms with Gasteiger partial charge in [0.1, 0.15) is 17.9 Å². The van der Waals surface area contributed by atoms with Crippen molar-refractivity contribution in [3.05, 3.63) is 65.6 Å². The molecule has 1 atom stereocenters. The summed E-state index contributed by atoms with van der Waals surface area (Å²) in [5.74, 6) is 1.02. The van der Waals surface area contributed by atoms with E-state index in [4.69, 9.17) is 4.74 Å². The first kappa shape index (κ1) is 24.4. The monoisotopic (exact) mass is 469 g/mol. The van der Waals surface area contributed by atoms with Gasteiger partial charge in [-0.15, -0.1) is 0 Å². The maximum Gasteiger partial charge on any atom is 0.313 e. The van der Waals surface area contributed by atoms with Gasteiger partial charge in [0.2, 0.25) is 0 Å². The predicted octanol–water partition coefficient (Wildman–Crippen LogP) is 4.99. The van der Waals surface area contributed by atoms with E-state index in [1.165, 1.54) is 12.1 Å². The molecule has 0 aliphatic rings. The van der Waals surface area contributed by atoms with Gasteiger partial charge in [-0.25, -0.2) is 4.39 Å². The van der Waals surface area contributed by atoms with Crippen molar-refractivity contribution in [2.75, 3.05) is 12.8 Å². The molecule has 0 spiro atoms. The molecule has 2 aromatic carbocycles. The number of hydrogen-bond acceptors (Lipinski definition) is 4. The molecule has 1 unspecified atom stereocenters. The Morgan fingerprint density at radius 3 is 2.45 bits per heavy atom. The number of rotatable bonds is 7. The van der Waals surface area contributed by atoms with Gasteiger partial charge in [-0.1, -0.05) is 32.0 Å². The van der Waals surface area contributed by atoms with Crippen LogP contribution in [0.25, 0.3) is 16.6 Å². The summed E-state index contributed by atoms with van der Waals surface area (Å²) >= 11 is 0. The molecule has 8 heteroatoms. The van der Waals surface area contributed by atoms with E-state index >= 15 is 0 Å². The minimum absolute atomic E-state index is 0.0319. The fourth-order valence-corrected chi connectivity index (χ4v) is 4.63. The van der Waals surface area contributed by atoms with Crippen LogP contribution in [0.4, 0.5) is 4.39 Å². The molecule has 0 radical (unpaired) electrons. The Morgan fingerprint density at radius 2 is 1.82 bits per heavy atom. The third kappa shape index (κ3) is 5.78. The molecule has 6 nitrogen and oxygen atoms in total. The molecular weight excluding hydrogens is 444 g/mol. The molecule has 0 fully saturated rings. The number of ketones is 1. The van der Waals surface area contributed by atoms with Crippen LogP contribution in [0.15, 0.2) is 48.5 Å². The molecule has 0 aliphatic carbocycles. The number of halogens is 1. The van der Waals surface area contributed by atoms with Crippen LogP contribution in [-0.4, -0.2) is 34.0 Å². The van der Waals surface area contributed by atoms with Crippen LogP contribution < -0.4 is 0 Å². The van der Waals surface area contributed by atoms with E-state index in [2.05, 4.69) is 11.6 Å². The third-order valence-corrected chi connectivity index (χ3v) is 6.21. The van der Waals surface area contributed by atoms with Gasteiger partial charge in [-0.2, -0.15) is 0 Å². The number of ether oxygens (including phenoxy) is 1. The number of nitrogens with zero attached hydrogens (tertiary/aromatic N) is 1. The van der Waals surface area contributed by atoms with Gasteiger partial charge >= 0.3 is 5.97 Å². The zero-order chi connectivity index (χ0) is 24.2. The Balaban J connectivity index is 2.09. The van der Waals surface area contributed by atoms with Gasteiger partial charge < -0.3 is 14.2 Å². The van der Waals surface area contributed by atoms with Crippen molar-refractivity contribution >= 4 is 30.0 Å². The normalized spacial score (nSPS) is 12.8. The smallest absolute Gasteiger partial charge is 0.313 e. The lowest BCUT2D eigenvalue weighted by Gasteiger charge is -2.10. The largest absolute Gasteiger partial charge is 0.466 e. The molecule has 0 saturated heterocycles. The van der Waals surface area contributed by atoms with Crippen LogP contribution in [0, 0.1) is 17.4 Å². The van der Waals surface area contributed by atoms with Crippen LogP contribution >= 0.6 is 7.37 Å². The fraction of sp³-hybridized carbons (Fsp3) is 0.280.